The Morgan fingerprint density at radius 2 is 2.12 bits per heavy atom. The second-order valence-corrected chi connectivity index (χ2v) is 2.42. The fourth-order valence-corrected chi connectivity index (χ4v) is 0.0927. The number of amides is 1. The van der Waals surface area contributed by atoms with Gasteiger partial charge in [0.25, 0.3) is 0 Å². The predicted octanol–water partition coefficient (Wildman–Crippen LogP) is -0.219. The highest BCUT2D eigenvalue weighted by atomic mass is 16.1. The maximum atomic E-state index is 10.3. The van der Waals surface area contributed by atoms with Gasteiger partial charge in [-0.2, -0.15) is 0 Å². The molecule has 0 saturated heterocycles. The van der Waals surface area contributed by atoms with E-state index < -0.39 is 11.3 Å². The van der Waals surface area contributed by atoms with Crippen LogP contribution in [0.2, 0.25) is 0 Å². The van der Waals surface area contributed by atoms with E-state index in [9.17, 15) is 4.79 Å². The summed E-state index contributed by atoms with van der Waals surface area (Å²) in [5.74, 6) is -0.597. The van der Waals surface area contributed by atoms with Gasteiger partial charge in [0.2, 0.25) is 5.91 Å². The number of hydrogen-bond acceptors (Lipinski definition) is 2. The summed E-state index contributed by atoms with van der Waals surface area (Å²) in [6, 6.07) is 0. The highest BCUT2D eigenvalue weighted by Crippen LogP contribution is 2.10. The predicted molar refractivity (Wildman–Crippen MR) is 30.9 cm³/mol. The van der Waals surface area contributed by atoms with Crippen molar-refractivity contribution in [2.75, 3.05) is 6.54 Å². The van der Waals surface area contributed by atoms with Crippen LogP contribution in [0.15, 0.2) is 0 Å². The van der Waals surface area contributed by atoms with E-state index in [0.29, 0.717) is 0 Å². The summed E-state index contributed by atoms with van der Waals surface area (Å²) in [6.07, 6.45) is 0. The Kier molecular flexibility index (Phi) is 1.98. The van der Waals surface area contributed by atoms with Gasteiger partial charge in [0, 0.05) is 6.54 Å². The van der Waals surface area contributed by atoms with Crippen molar-refractivity contribution in [2.45, 2.75) is 13.8 Å². The van der Waals surface area contributed by atoms with Crippen molar-refractivity contribution in [1.82, 2.24) is 5.73 Å². The van der Waals surface area contributed by atoms with Crippen molar-refractivity contribution in [3.05, 3.63) is 0 Å². The van der Waals surface area contributed by atoms with Crippen LogP contribution in [0.1, 0.15) is 13.8 Å². The lowest BCUT2D eigenvalue weighted by Gasteiger charge is -2.15. The van der Waals surface area contributed by atoms with Gasteiger partial charge in [-0.15, -0.1) is 0 Å². The number of carbonyl (C=O) groups is 1. The van der Waals surface area contributed by atoms with Gasteiger partial charge in [-0.25, -0.2) is 0 Å². The molecule has 1 radical (unpaired) electrons. The van der Waals surface area contributed by atoms with E-state index in [1.165, 1.54) is 0 Å². The molecule has 3 nitrogen and oxygen atoms in total. The molecule has 0 fully saturated rings. The van der Waals surface area contributed by atoms with Crippen molar-refractivity contribution >= 4 is 5.91 Å². The molecule has 8 heavy (non-hydrogen) atoms. The summed E-state index contributed by atoms with van der Waals surface area (Å²) in [7, 11) is 0. The Morgan fingerprint density at radius 3 is 2.12 bits per heavy atom. The van der Waals surface area contributed by atoms with Gasteiger partial charge >= 0.3 is 0 Å². The molecule has 0 bridgehead atoms. The minimum atomic E-state index is -0.653. The van der Waals surface area contributed by atoms with Gasteiger partial charge in [-0.1, -0.05) is 0 Å². The number of rotatable bonds is 2. The molecule has 47 valence electrons. The van der Waals surface area contributed by atoms with Gasteiger partial charge in [0.15, 0.2) is 0 Å². The van der Waals surface area contributed by atoms with E-state index in [1.54, 1.807) is 13.8 Å². The normalized spacial score (nSPS) is 11.4. The number of hydrogen-bond donors (Lipinski definition) is 1. The maximum Gasteiger partial charge on any atom is 0.245 e. The Morgan fingerprint density at radius 1 is 1.75 bits per heavy atom. The smallest absolute Gasteiger partial charge is 0.245 e. The SMILES string of the molecule is CC(C)(CN)C([NH])=O. The number of nitrogens with two attached hydrogens (primary N) is 1. The third kappa shape index (κ3) is 1.50. The highest BCUT2D eigenvalue weighted by Gasteiger charge is 2.22. The molecule has 3 N–H and O–H groups in total. The summed E-state index contributed by atoms with van der Waals surface area (Å²) >= 11 is 0. The van der Waals surface area contributed by atoms with Gasteiger partial charge < -0.3 is 5.73 Å². The molecule has 0 aliphatic heterocycles. The molecule has 0 aliphatic rings. The van der Waals surface area contributed by atoms with E-state index in [4.69, 9.17) is 11.5 Å². The van der Waals surface area contributed by atoms with Crippen LogP contribution in [0.25, 0.3) is 0 Å². The van der Waals surface area contributed by atoms with Crippen LogP contribution in [-0.4, -0.2) is 12.5 Å². The molecule has 0 aliphatic carbocycles. The lowest BCUT2D eigenvalue weighted by molar-refractivity contribution is -0.126. The Bertz CT molecular complexity index is 98.6. The third-order valence-corrected chi connectivity index (χ3v) is 1.12. The fraction of sp³-hybridized carbons (Fsp3) is 0.800. The molecule has 0 aromatic carbocycles. The van der Waals surface area contributed by atoms with Crippen molar-refractivity contribution in [3.8, 4) is 0 Å². The van der Waals surface area contributed by atoms with E-state index in [-0.39, 0.29) is 6.54 Å². The fourth-order valence-electron chi connectivity index (χ4n) is 0.0927. The average molecular weight is 115 g/mol. The molecule has 0 saturated carbocycles. The van der Waals surface area contributed by atoms with Crippen LogP contribution >= 0.6 is 0 Å². The summed E-state index contributed by atoms with van der Waals surface area (Å²) in [5.41, 5.74) is 11.2. The van der Waals surface area contributed by atoms with Crippen molar-refractivity contribution in [3.63, 3.8) is 0 Å². The molecule has 0 atom stereocenters. The molecule has 0 aromatic rings. The van der Waals surface area contributed by atoms with Crippen molar-refractivity contribution in [1.29, 1.82) is 0 Å². The highest BCUT2D eigenvalue weighted by molar-refractivity contribution is 5.79. The summed E-state index contributed by atoms with van der Waals surface area (Å²) in [6.45, 7) is 3.56. The molecule has 1 amide bonds. The molecule has 0 spiro atoms. The Labute approximate surface area is 49.0 Å². The van der Waals surface area contributed by atoms with Crippen LogP contribution in [0.4, 0.5) is 0 Å². The number of carbonyl (C=O) groups excluding carboxylic acids is 1. The first-order valence-corrected chi connectivity index (χ1v) is 2.47. The van der Waals surface area contributed by atoms with Crippen molar-refractivity contribution < 1.29 is 4.79 Å². The lowest BCUT2D eigenvalue weighted by Crippen LogP contribution is -2.33. The van der Waals surface area contributed by atoms with Crippen LogP contribution in [0, 0.1) is 5.41 Å². The third-order valence-electron chi connectivity index (χ3n) is 1.12. The van der Waals surface area contributed by atoms with Crippen LogP contribution in [0.3, 0.4) is 0 Å². The summed E-state index contributed by atoms with van der Waals surface area (Å²) < 4.78 is 0. The Hall–Kier alpha value is -0.570. The second kappa shape index (κ2) is 2.13. The van der Waals surface area contributed by atoms with E-state index >= 15 is 0 Å². The van der Waals surface area contributed by atoms with Gasteiger partial charge in [-0.05, 0) is 13.8 Å². The first-order valence-electron chi connectivity index (χ1n) is 2.47. The number of nitrogens with one attached hydrogen (secondary N) is 1. The van der Waals surface area contributed by atoms with Gasteiger partial charge in [0.1, 0.15) is 0 Å². The molecule has 0 aromatic heterocycles. The molecular weight excluding hydrogens is 104 g/mol. The van der Waals surface area contributed by atoms with Gasteiger partial charge in [-0.3, -0.25) is 10.5 Å². The van der Waals surface area contributed by atoms with E-state index in [0.717, 1.165) is 0 Å². The molecule has 0 unspecified atom stereocenters. The quantitative estimate of drug-likeness (QED) is 0.540. The van der Waals surface area contributed by atoms with Crippen molar-refractivity contribution in [2.24, 2.45) is 11.1 Å². The summed E-state index contributed by atoms with van der Waals surface area (Å²) in [4.78, 5) is 10.3. The van der Waals surface area contributed by atoms with Crippen LogP contribution < -0.4 is 11.5 Å². The Balaban J connectivity index is 3.91. The van der Waals surface area contributed by atoms with Gasteiger partial charge in [0.05, 0.1) is 5.41 Å². The standard InChI is InChI=1S/C5H11N2O/c1-5(2,3-6)4(7)8/h7H,3,6H2,1-2H3. The van der Waals surface area contributed by atoms with Crippen LogP contribution in [0.5, 0.6) is 0 Å². The summed E-state index contributed by atoms with van der Waals surface area (Å²) in [5, 5.41) is 0. The molecule has 3 heteroatoms. The topological polar surface area (TPSA) is 66.9 Å². The maximum absolute atomic E-state index is 10.3. The molecule has 0 rings (SSSR count). The molecule has 0 heterocycles. The molecular formula is C5H11N2O. The largest absolute Gasteiger partial charge is 0.329 e. The average Bonchev–Trinajstić information content (AvgIpc) is 1.67. The second-order valence-electron chi connectivity index (χ2n) is 2.42. The van der Waals surface area contributed by atoms with E-state index in [2.05, 4.69) is 0 Å². The zero-order valence-corrected chi connectivity index (χ0v) is 5.19. The zero-order valence-electron chi connectivity index (χ0n) is 5.19. The minimum absolute atomic E-state index is 0.245. The zero-order chi connectivity index (χ0) is 6.78. The first kappa shape index (κ1) is 7.43. The van der Waals surface area contributed by atoms with Crippen LogP contribution in [-0.2, 0) is 4.79 Å². The monoisotopic (exact) mass is 115 g/mol. The minimum Gasteiger partial charge on any atom is -0.329 e. The lowest BCUT2D eigenvalue weighted by atomic mass is 9.93. The first-order chi connectivity index (χ1) is 3.50. The van der Waals surface area contributed by atoms with E-state index in [1.807, 2.05) is 0 Å².